The molecule has 1 aliphatic heterocycles. The summed E-state index contributed by atoms with van der Waals surface area (Å²) in [6.45, 7) is -1.36. The Morgan fingerprint density at radius 3 is 2.00 bits per heavy atom. The van der Waals surface area contributed by atoms with E-state index in [-0.39, 0.29) is 17.1 Å². The van der Waals surface area contributed by atoms with E-state index in [1.807, 2.05) is 0 Å². The third-order valence-electron chi connectivity index (χ3n) is 1.93. The van der Waals surface area contributed by atoms with Crippen LogP contribution in [0.4, 0.5) is 0 Å². The largest absolute Gasteiger partial charge is 3.00 e. The van der Waals surface area contributed by atoms with Crippen LogP contribution in [0.1, 0.15) is 0 Å². The van der Waals surface area contributed by atoms with Gasteiger partial charge in [0.1, 0.15) is 18.3 Å². The number of hydrogen-bond acceptors (Lipinski definition) is 6. The molecule has 6 nitrogen and oxygen atoms in total. The quantitative estimate of drug-likeness (QED) is 0.322. The topological polar surface area (TPSA) is 110 Å². The molecule has 1 radical (unpaired) electrons. The first kappa shape index (κ1) is 13.3. The smallest absolute Gasteiger partial charge is 0.394 e. The Morgan fingerprint density at radius 2 is 1.77 bits per heavy atom. The van der Waals surface area contributed by atoms with Crippen molar-refractivity contribution in [1.29, 1.82) is 0 Å². The minimum Gasteiger partial charge on any atom is -0.394 e. The first-order valence-corrected chi connectivity index (χ1v) is 3.53. The third-order valence-corrected chi connectivity index (χ3v) is 1.93. The Morgan fingerprint density at radius 1 is 1.23 bits per heavy atom. The van der Waals surface area contributed by atoms with Crippen LogP contribution >= 0.6 is 0 Å². The molecule has 1 saturated heterocycles. The van der Waals surface area contributed by atoms with Gasteiger partial charge in [0.2, 0.25) is 5.79 Å². The van der Waals surface area contributed by atoms with Gasteiger partial charge in [-0.05, 0) is 0 Å². The van der Waals surface area contributed by atoms with Gasteiger partial charge in [0.25, 0.3) is 0 Å². The van der Waals surface area contributed by atoms with Crippen molar-refractivity contribution in [2.24, 2.45) is 0 Å². The van der Waals surface area contributed by atoms with Crippen LogP contribution in [0, 0.1) is 0 Å². The molecule has 0 spiro atoms. The summed E-state index contributed by atoms with van der Waals surface area (Å²) in [5.74, 6) is -2.16. The molecule has 0 aromatic rings. The van der Waals surface area contributed by atoms with Crippen LogP contribution in [-0.2, 0) is 21.8 Å². The zero-order valence-corrected chi connectivity index (χ0v) is 7.75. The molecule has 77 valence electrons. The maximum absolute atomic E-state index is 9.25. The van der Waals surface area contributed by atoms with E-state index in [1.54, 1.807) is 0 Å². The molecule has 1 fully saturated rings. The van der Waals surface area contributed by atoms with Crippen LogP contribution in [0.3, 0.4) is 0 Å². The number of aliphatic hydroxyl groups is 5. The minimum atomic E-state index is -2.16. The molecule has 0 aliphatic carbocycles. The summed E-state index contributed by atoms with van der Waals surface area (Å²) in [6.07, 6.45) is -4.04. The second-order valence-electron chi connectivity index (χ2n) is 2.78. The van der Waals surface area contributed by atoms with Crippen LogP contribution in [0.5, 0.6) is 0 Å². The zero-order valence-electron chi connectivity index (χ0n) is 6.64. The normalized spacial score (nSPS) is 44.5. The molecule has 0 saturated carbocycles. The first-order valence-electron chi connectivity index (χ1n) is 3.53. The zero-order chi connectivity index (χ0) is 9.35. The van der Waals surface area contributed by atoms with Crippen molar-refractivity contribution in [3.05, 3.63) is 0 Å². The van der Waals surface area contributed by atoms with Gasteiger partial charge in [-0.1, -0.05) is 0 Å². The van der Waals surface area contributed by atoms with Gasteiger partial charge in [-0.15, -0.1) is 0 Å². The van der Waals surface area contributed by atoms with Crippen molar-refractivity contribution in [2.75, 3.05) is 13.2 Å². The van der Waals surface area contributed by atoms with Crippen LogP contribution in [0.15, 0.2) is 0 Å². The summed E-state index contributed by atoms with van der Waals surface area (Å²) >= 11 is 0. The van der Waals surface area contributed by atoms with Crippen molar-refractivity contribution in [3.63, 3.8) is 0 Å². The third kappa shape index (κ3) is 2.20. The number of rotatable bonds is 2. The molecule has 5 N–H and O–H groups in total. The van der Waals surface area contributed by atoms with Crippen molar-refractivity contribution in [1.82, 2.24) is 0 Å². The van der Waals surface area contributed by atoms with Gasteiger partial charge in [-0.2, -0.15) is 0 Å². The summed E-state index contributed by atoms with van der Waals surface area (Å²) in [6, 6.07) is 0. The van der Waals surface area contributed by atoms with Crippen molar-refractivity contribution in [2.45, 2.75) is 24.1 Å². The molecule has 0 amide bonds. The van der Waals surface area contributed by atoms with Crippen molar-refractivity contribution in [3.8, 4) is 0 Å². The number of aliphatic hydroxyl groups excluding tert-OH is 4. The SMILES string of the molecule is OC[C@H]1O[C@](O)(CO)[C@@H](O)[C@@H]1O.[Fe+3]. The summed E-state index contributed by atoms with van der Waals surface area (Å²) in [5.41, 5.74) is 0. The number of ether oxygens (including phenoxy) is 1. The molecule has 1 rings (SSSR count). The van der Waals surface area contributed by atoms with E-state index in [2.05, 4.69) is 4.74 Å². The van der Waals surface area contributed by atoms with E-state index in [0.717, 1.165) is 0 Å². The molecule has 7 heteroatoms. The molecule has 4 atom stereocenters. The van der Waals surface area contributed by atoms with Crippen molar-refractivity contribution < 1.29 is 47.3 Å². The average molecular weight is 236 g/mol. The molecular weight excluding hydrogens is 224 g/mol. The summed E-state index contributed by atoms with van der Waals surface area (Å²) in [7, 11) is 0. The van der Waals surface area contributed by atoms with Gasteiger partial charge in [0.15, 0.2) is 0 Å². The maximum Gasteiger partial charge on any atom is 3.00 e. The predicted octanol–water partition coefficient (Wildman–Crippen LogP) is -3.22. The monoisotopic (exact) mass is 236 g/mol. The summed E-state index contributed by atoms with van der Waals surface area (Å²) in [4.78, 5) is 0. The fourth-order valence-electron chi connectivity index (χ4n) is 1.15. The average Bonchev–Trinajstić information content (AvgIpc) is 2.31. The van der Waals surface area contributed by atoms with E-state index in [0.29, 0.717) is 0 Å². The van der Waals surface area contributed by atoms with Crippen LogP contribution in [0.2, 0.25) is 0 Å². The van der Waals surface area contributed by atoms with Gasteiger partial charge in [0.05, 0.1) is 13.2 Å². The molecule has 13 heavy (non-hydrogen) atoms. The Balaban J connectivity index is 0.00000144. The van der Waals surface area contributed by atoms with E-state index in [1.165, 1.54) is 0 Å². The van der Waals surface area contributed by atoms with Gasteiger partial charge in [0, 0.05) is 0 Å². The van der Waals surface area contributed by atoms with E-state index in [9.17, 15) is 5.11 Å². The molecular formula is C6H12FeO6+3. The fraction of sp³-hybridized carbons (Fsp3) is 1.00. The summed E-state index contributed by atoms with van der Waals surface area (Å²) < 4.78 is 4.63. The molecule has 1 heterocycles. The molecule has 0 unspecified atom stereocenters. The van der Waals surface area contributed by atoms with Gasteiger partial charge >= 0.3 is 17.1 Å². The van der Waals surface area contributed by atoms with Gasteiger partial charge in [-0.3, -0.25) is 0 Å². The Bertz CT molecular complexity index is 167. The molecule has 0 aromatic carbocycles. The van der Waals surface area contributed by atoms with Crippen LogP contribution < -0.4 is 0 Å². The molecule has 0 bridgehead atoms. The second-order valence-corrected chi connectivity index (χ2v) is 2.78. The van der Waals surface area contributed by atoms with Gasteiger partial charge in [-0.25, -0.2) is 0 Å². The second kappa shape index (κ2) is 4.68. The van der Waals surface area contributed by atoms with Crippen LogP contribution in [0.25, 0.3) is 0 Å². The first-order chi connectivity index (χ1) is 5.55. The molecule has 0 aromatic heterocycles. The predicted molar refractivity (Wildman–Crippen MR) is 36.0 cm³/mol. The standard InChI is InChI=1S/C6H12O6.Fe/c7-1-3-4(9)5(10)6(11,2-8)12-3;/h3-5,7-11H,1-2H2;/q;+3/t3-,4-,5+,6-;/m1./s1. The van der Waals surface area contributed by atoms with Crippen LogP contribution in [-0.4, -0.2) is 62.8 Å². The Labute approximate surface area is 85.2 Å². The van der Waals surface area contributed by atoms with E-state index < -0.39 is 37.3 Å². The van der Waals surface area contributed by atoms with Crippen molar-refractivity contribution >= 4 is 0 Å². The fourth-order valence-corrected chi connectivity index (χ4v) is 1.15. The summed E-state index contributed by atoms with van der Waals surface area (Å²) in [5, 5.41) is 44.7. The maximum atomic E-state index is 9.25. The van der Waals surface area contributed by atoms with Gasteiger partial charge < -0.3 is 30.3 Å². The van der Waals surface area contributed by atoms with E-state index in [4.69, 9.17) is 20.4 Å². The minimum absolute atomic E-state index is 0. The Hall–Kier alpha value is 0.279. The molecule has 1 aliphatic rings. The van der Waals surface area contributed by atoms with E-state index >= 15 is 0 Å². The number of hydrogen-bond donors (Lipinski definition) is 5. The Kier molecular flexibility index (Phi) is 4.78.